The minimum atomic E-state index is -0.271. The third-order valence-electron chi connectivity index (χ3n) is 3.85. The number of thiol groups is 1. The normalized spacial score (nSPS) is 13.3. The third kappa shape index (κ3) is 5.10. The quantitative estimate of drug-likeness (QED) is 0.379. The molecule has 2 atom stereocenters. The molecule has 2 aromatic carbocycles. The average Bonchev–Trinajstić information content (AvgIpc) is 3.15. The van der Waals surface area contributed by atoms with Gasteiger partial charge in [-0.2, -0.15) is 12.6 Å². The Kier molecular flexibility index (Phi) is 6.75. The van der Waals surface area contributed by atoms with E-state index in [0.29, 0.717) is 5.02 Å². The van der Waals surface area contributed by atoms with E-state index >= 15 is 0 Å². The Labute approximate surface area is 172 Å². The van der Waals surface area contributed by atoms with Gasteiger partial charge in [-0.1, -0.05) is 48.1 Å². The number of thioether (sulfide) groups is 1. The van der Waals surface area contributed by atoms with Crippen LogP contribution < -0.4 is 0 Å². The lowest BCUT2D eigenvalue weighted by Crippen LogP contribution is -2.10. The highest BCUT2D eigenvalue weighted by molar-refractivity contribution is 8.24. The summed E-state index contributed by atoms with van der Waals surface area (Å²) in [6.07, 6.45) is 5.46. The number of thiocarbonyl (C=S) groups is 1. The van der Waals surface area contributed by atoms with Gasteiger partial charge in [-0.05, 0) is 35.4 Å². The highest BCUT2D eigenvalue weighted by atomic mass is 35.5. The maximum atomic E-state index is 13.1. The van der Waals surface area contributed by atoms with Crippen molar-refractivity contribution >= 4 is 52.4 Å². The number of benzene rings is 2. The Morgan fingerprint density at radius 1 is 1.15 bits per heavy atom. The predicted molar refractivity (Wildman–Crippen MR) is 115 cm³/mol. The first-order valence-corrected chi connectivity index (χ1v) is 10.1. The van der Waals surface area contributed by atoms with Crippen LogP contribution >= 0.6 is 48.2 Å². The van der Waals surface area contributed by atoms with Crippen molar-refractivity contribution in [2.24, 2.45) is 0 Å². The van der Waals surface area contributed by atoms with Crippen molar-refractivity contribution in [2.75, 3.05) is 0 Å². The molecule has 7 heteroatoms. The van der Waals surface area contributed by atoms with Crippen LogP contribution in [0.1, 0.15) is 21.6 Å². The molecule has 0 saturated heterocycles. The minimum absolute atomic E-state index is 0.0871. The molecule has 0 bridgehead atoms. The molecule has 0 saturated carbocycles. The van der Waals surface area contributed by atoms with Gasteiger partial charge >= 0.3 is 0 Å². The van der Waals surface area contributed by atoms with Crippen LogP contribution in [0.3, 0.4) is 0 Å². The summed E-state index contributed by atoms with van der Waals surface area (Å²) >= 11 is 17.9. The predicted octanol–water partition coefficient (Wildman–Crippen LogP) is 6.15. The van der Waals surface area contributed by atoms with Crippen molar-refractivity contribution < 1.29 is 4.39 Å². The number of aromatic nitrogens is 2. The number of imidazole rings is 1. The molecule has 0 aliphatic rings. The summed E-state index contributed by atoms with van der Waals surface area (Å²) < 4.78 is 15.9. The first kappa shape index (κ1) is 19.4. The van der Waals surface area contributed by atoms with Gasteiger partial charge in [-0.25, -0.2) is 9.37 Å². The van der Waals surface area contributed by atoms with Crippen LogP contribution in [0.5, 0.6) is 0 Å². The second-order valence-electron chi connectivity index (χ2n) is 5.69. The first-order valence-electron chi connectivity index (χ1n) is 7.88. The van der Waals surface area contributed by atoms with Gasteiger partial charge in [-0.3, -0.25) is 0 Å². The second kappa shape index (κ2) is 9.04. The number of hydrogen-bond donors (Lipinski definition) is 1. The summed E-state index contributed by atoms with van der Waals surface area (Å²) in [6, 6.07) is 14.0. The SMILES string of the molecule is Fc1ccc(C(S)C(=S)SC(Cn2ccnc2)c2ccc(Cl)cc2)cc1. The minimum Gasteiger partial charge on any atom is -0.336 e. The van der Waals surface area contributed by atoms with Gasteiger partial charge in [0.1, 0.15) is 5.82 Å². The molecule has 0 spiro atoms. The molecule has 3 rings (SSSR count). The molecule has 2 nitrogen and oxygen atoms in total. The molecule has 0 aliphatic heterocycles. The smallest absolute Gasteiger partial charge is 0.123 e. The topological polar surface area (TPSA) is 17.8 Å². The summed E-state index contributed by atoms with van der Waals surface area (Å²) in [5, 5.41) is 0.526. The molecular weight excluding hydrogens is 407 g/mol. The molecular formula is C19H16ClFN2S3. The van der Waals surface area contributed by atoms with Crippen LogP contribution in [0, 0.1) is 5.82 Å². The first-order chi connectivity index (χ1) is 12.5. The fourth-order valence-corrected chi connectivity index (χ4v) is 4.51. The highest BCUT2D eigenvalue weighted by Crippen LogP contribution is 2.38. The number of rotatable bonds is 6. The van der Waals surface area contributed by atoms with E-state index in [9.17, 15) is 4.39 Å². The van der Waals surface area contributed by atoms with Crippen LogP contribution in [-0.2, 0) is 6.54 Å². The fraction of sp³-hybridized carbons (Fsp3) is 0.158. The Morgan fingerprint density at radius 2 is 1.81 bits per heavy atom. The zero-order chi connectivity index (χ0) is 18.5. The molecule has 0 N–H and O–H groups in total. The molecule has 1 heterocycles. The second-order valence-corrected chi connectivity index (χ2v) is 8.59. The lowest BCUT2D eigenvalue weighted by molar-refractivity contribution is 0.627. The zero-order valence-corrected chi connectivity index (χ0v) is 16.9. The van der Waals surface area contributed by atoms with E-state index in [1.165, 1.54) is 12.1 Å². The van der Waals surface area contributed by atoms with Crippen molar-refractivity contribution in [3.8, 4) is 0 Å². The molecule has 3 aromatic rings. The fourth-order valence-electron chi connectivity index (χ4n) is 2.46. The van der Waals surface area contributed by atoms with Gasteiger partial charge in [0, 0.05) is 24.0 Å². The maximum absolute atomic E-state index is 13.1. The molecule has 0 amide bonds. The molecule has 134 valence electrons. The van der Waals surface area contributed by atoms with Crippen molar-refractivity contribution in [2.45, 2.75) is 17.0 Å². The molecule has 26 heavy (non-hydrogen) atoms. The number of halogens is 2. The van der Waals surface area contributed by atoms with Gasteiger partial charge in [0.25, 0.3) is 0 Å². The van der Waals surface area contributed by atoms with Crippen molar-refractivity contribution in [1.29, 1.82) is 0 Å². The third-order valence-corrected chi connectivity index (χ3v) is 6.70. The largest absolute Gasteiger partial charge is 0.336 e. The van der Waals surface area contributed by atoms with Crippen molar-refractivity contribution in [1.82, 2.24) is 9.55 Å². The van der Waals surface area contributed by atoms with E-state index in [4.69, 9.17) is 23.8 Å². The van der Waals surface area contributed by atoms with E-state index in [1.807, 2.05) is 35.0 Å². The van der Waals surface area contributed by atoms with Crippen LogP contribution in [0.25, 0.3) is 0 Å². The van der Waals surface area contributed by atoms with E-state index in [0.717, 1.165) is 21.9 Å². The Balaban J connectivity index is 1.78. The van der Waals surface area contributed by atoms with E-state index in [-0.39, 0.29) is 16.3 Å². The van der Waals surface area contributed by atoms with Crippen molar-refractivity contribution in [3.63, 3.8) is 0 Å². The summed E-state index contributed by atoms with van der Waals surface area (Å²) in [6.45, 7) is 0.719. The molecule has 0 radical (unpaired) electrons. The monoisotopic (exact) mass is 422 g/mol. The standard InChI is InChI=1S/C19H16ClFN2S3/c20-15-5-1-13(2-6-15)17(11-23-10-9-22-12-23)26-19(25)18(24)14-3-7-16(21)8-4-14/h1-10,12,17-18,24H,11H2. The zero-order valence-electron chi connectivity index (χ0n) is 13.6. The van der Waals surface area contributed by atoms with Gasteiger partial charge < -0.3 is 4.57 Å². The van der Waals surface area contributed by atoms with Crippen LogP contribution in [0.2, 0.25) is 5.02 Å². The van der Waals surface area contributed by atoms with Gasteiger partial charge in [0.05, 0.1) is 21.0 Å². The summed E-state index contributed by atoms with van der Waals surface area (Å²) in [5.74, 6) is -0.271. The molecule has 0 aliphatic carbocycles. The Bertz CT molecular complexity index is 852. The van der Waals surface area contributed by atoms with Gasteiger partial charge in [-0.15, -0.1) is 11.8 Å². The number of hydrogen-bond acceptors (Lipinski definition) is 4. The summed E-state index contributed by atoms with van der Waals surface area (Å²) in [7, 11) is 0. The van der Waals surface area contributed by atoms with Gasteiger partial charge in [0.15, 0.2) is 0 Å². The molecule has 1 aromatic heterocycles. The summed E-state index contributed by atoms with van der Waals surface area (Å²) in [5.41, 5.74) is 2.00. The van der Waals surface area contributed by atoms with E-state index in [2.05, 4.69) is 17.6 Å². The number of nitrogens with zero attached hydrogens (tertiary/aromatic N) is 2. The lowest BCUT2D eigenvalue weighted by Gasteiger charge is -2.21. The van der Waals surface area contributed by atoms with Crippen LogP contribution in [-0.4, -0.2) is 13.7 Å². The Morgan fingerprint density at radius 3 is 2.42 bits per heavy atom. The average molecular weight is 423 g/mol. The van der Waals surface area contributed by atoms with E-state index < -0.39 is 0 Å². The molecule has 2 unspecified atom stereocenters. The van der Waals surface area contributed by atoms with Gasteiger partial charge in [0.2, 0.25) is 0 Å². The van der Waals surface area contributed by atoms with Crippen molar-refractivity contribution in [3.05, 3.63) is 89.2 Å². The van der Waals surface area contributed by atoms with Crippen LogP contribution in [0.15, 0.2) is 67.3 Å². The Hall–Kier alpha value is -1.34. The molecule has 0 fully saturated rings. The highest BCUT2D eigenvalue weighted by Gasteiger charge is 2.20. The van der Waals surface area contributed by atoms with E-state index in [1.54, 1.807) is 36.4 Å². The maximum Gasteiger partial charge on any atom is 0.123 e. The summed E-state index contributed by atoms with van der Waals surface area (Å²) in [4.78, 5) is 4.10. The lowest BCUT2D eigenvalue weighted by atomic mass is 10.1. The van der Waals surface area contributed by atoms with Crippen LogP contribution in [0.4, 0.5) is 4.39 Å².